The molecule has 0 bridgehead atoms. The topological polar surface area (TPSA) is 117 Å². The summed E-state index contributed by atoms with van der Waals surface area (Å²) >= 11 is 6.15. The van der Waals surface area contributed by atoms with Gasteiger partial charge in [0.05, 0.1) is 54.6 Å². The number of nitrogens with zero attached hydrogens (tertiary/aromatic N) is 1. The van der Waals surface area contributed by atoms with Gasteiger partial charge >= 0.3 is 12.0 Å². The Bertz CT molecular complexity index is 1280. The summed E-state index contributed by atoms with van der Waals surface area (Å²) in [4.78, 5) is 39.8. The van der Waals surface area contributed by atoms with Crippen LogP contribution in [0.5, 0.6) is 5.75 Å². The van der Waals surface area contributed by atoms with E-state index in [1.165, 1.54) is 13.5 Å². The Hall–Kier alpha value is -3.30. The summed E-state index contributed by atoms with van der Waals surface area (Å²) in [5, 5.41) is 15.3. The van der Waals surface area contributed by atoms with Crippen molar-refractivity contribution in [2.45, 2.75) is 82.4 Å². The van der Waals surface area contributed by atoms with Gasteiger partial charge in [-0.2, -0.15) is 0 Å². The fourth-order valence-corrected chi connectivity index (χ4v) is 7.06. The maximum Gasteiger partial charge on any atom is 0.323 e. The Morgan fingerprint density at radius 2 is 1.71 bits per heavy atom. The Kier molecular flexibility index (Phi) is 9.90. The van der Waals surface area contributed by atoms with Crippen LogP contribution in [-0.2, 0) is 20.7 Å². The largest absolute Gasteiger partial charge is 0.495 e. The number of benzene rings is 2. The van der Waals surface area contributed by atoms with E-state index in [2.05, 4.69) is 15.5 Å². The first-order valence-corrected chi connectivity index (χ1v) is 15.3. The van der Waals surface area contributed by atoms with Crippen LogP contribution in [0.4, 0.5) is 16.2 Å². The lowest BCUT2D eigenvalue weighted by Gasteiger charge is -2.35. The van der Waals surface area contributed by atoms with E-state index in [-0.39, 0.29) is 36.4 Å². The zero-order valence-corrected chi connectivity index (χ0v) is 24.8. The number of likely N-dealkylation sites (tertiary alicyclic amines) is 1. The third-order valence-electron chi connectivity index (χ3n) is 9.02. The molecule has 2 aromatic rings. The average molecular weight is 598 g/mol. The number of aliphatic carboxylic acids is 1. The number of urea groups is 1. The van der Waals surface area contributed by atoms with E-state index in [1.54, 1.807) is 36.4 Å². The number of carboxylic acid groups (broad SMARTS) is 1. The molecule has 0 spiro atoms. The molecule has 3 amide bonds. The van der Waals surface area contributed by atoms with Crippen LogP contribution in [0.25, 0.3) is 0 Å². The second-order valence-electron chi connectivity index (χ2n) is 11.7. The molecule has 3 atom stereocenters. The molecule has 3 aliphatic rings. The molecule has 3 fully saturated rings. The zero-order valence-electron chi connectivity index (χ0n) is 24.0. The van der Waals surface area contributed by atoms with E-state index in [0.717, 1.165) is 44.1 Å². The predicted molar refractivity (Wildman–Crippen MR) is 161 cm³/mol. The van der Waals surface area contributed by atoms with Gasteiger partial charge in [-0.15, -0.1) is 0 Å². The van der Waals surface area contributed by atoms with Crippen molar-refractivity contribution in [3.05, 3.63) is 53.1 Å². The van der Waals surface area contributed by atoms with Gasteiger partial charge in [-0.3, -0.25) is 9.59 Å². The number of anilines is 2. The Morgan fingerprint density at radius 3 is 2.45 bits per heavy atom. The van der Waals surface area contributed by atoms with Crippen molar-refractivity contribution in [1.29, 1.82) is 0 Å². The van der Waals surface area contributed by atoms with Gasteiger partial charge in [-0.1, -0.05) is 42.6 Å². The van der Waals surface area contributed by atoms with Crippen LogP contribution in [0.15, 0.2) is 42.5 Å². The molecule has 2 aliphatic carbocycles. The molecule has 9 nitrogen and oxygen atoms in total. The monoisotopic (exact) mass is 597 g/mol. The molecule has 10 heteroatoms. The number of rotatable bonds is 9. The molecule has 1 saturated heterocycles. The second-order valence-corrected chi connectivity index (χ2v) is 12.1. The van der Waals surface area contributed by atoms with Crippen molar-refractivity contribution in [2.24, 2.45) is 11.8 Å². The first-order chi connectivity index (χ1) is 20.3. The summed E-state index contributed by atoms with van der Waals surface area (Å²) in [6.45, 7) is 0.494. The fourth-order valence-electron chi connectivity index (χ4n) is 6.88. The first-order valence-electron chi connectivity index (χ1n) is 15.0. The van der Waals surface area contributed by atoms with E-state index in [9.17, 15) is 19.5 Å². The van der Waals surface area contributed by atoms with Crippen molar-refractivity contribution in [1.82, 2.24) is 4.90 Å². The van der Waals surface area contributed by atoms with Crippen molar-refractivity contribution in [2.75, 3.05) is 24.4 Å². The number of carbonyl (C=O) groups is 3. The van der Waals surface area contributed by atoms with Crippen molar-refractivity contribution in [3.8, 4) is 5.75 Å². The minimum absolute atomic E-state index is 0.0270. The van der Waals surface area contributed by atoms with E-state index in [0.29, 0.717) is 47.5 Å². The highest BCUT2D eigenvalue weighted by molar-refractivity contribution is 6.33. The van der Waals surface area contributed by atoms with Gasteiger partial charge in [0, 0.05) is 6.04 Å². The summed E-state index contributed by atoms with van der Waals surface area (Å²) in [5.74, 6) is 0.0468. The molecule has 2 aromatic carbocycles. The van der Waals surface area contributed by atoms with Gasteiger partial charge in [-0.05, 0) is 80.7 Å². The molecule has 3 unspecified atom stereocenters. The molecule has 1 heterocycles. The average Bonchev–Trinajstić information content (AvgIpc) is 3.37. The molecule has 0 aromatic heterocycles. The van der Waals surface area contributed by atoms with Crippen LogP contribution in [0, 0.1) is 11.8 Å². The number of fused-ring (bicyclic) bond motifs is 1. The molecular formula is C32H40ClN3O6. The predicted octanol–water partition coefficient (Wildman–Crippen LogP) is 6.35. The van der Waals surface area contributed by atoms with Gasteiger partial charge in [0.2, 0.25) is 5.91 Å². The summed E-state index contributed by atoms with van der Waals surface area (Å²) in [7, 11) is 1.53. The molecule has 2 saturated carbocycles. The second kappa shape index (κ2) is 13.8. The number of methoxy groups -OCH3 is 1. The fraction of sp³-hybridized carbons (Fsp3) is 0.531. The number of carboxylic acids is 1. The summed E-state index contributed by atoms with van der Waals surface area (Å²) in [5.41, 5.74) is 1.78. The molecule has 42 heavy (non-hydrogen) atoms. The van der Waals surface area contributed by atoms with Crippen LogP contribution in [-0.4, -0.2) is 59.8 Å². The minimum atomic E-state index is -0.717. The van der Waals surface area contributed by atoms with E-state index in [4.69, 9.17) is 21.1 Å². The van der Waals surface area contributed by atoms with Gasteiger partial charge in [0.15, 0.2) is 0 Å². The molecular weight excluding hydrogens is 558 g/mol. The normalized spacial score (nSPS) is 25.4. The number of para-hydroxylation sites is 1. The van der Waals surface area contributed by atoms with Crippen molar-refractivity contribution < 1.29 is 29.0 Å². The lowest BCUT2D eigenvalue weighted by atomic mass is 9.84. The highest BCUT2D eigenvalue weighted by atomic mass is 35.5. The molecule has 5 rings (SSSR count). The Labute approximate surface area is 251 Å². The Morgan fingerprint density at radius 1 is 0.976 bits per heavy atom. The first kappa shape index (κ1) is 30.2. The SMILES string of the molecule is COc1cc(CC(=O)N2C(COC3CCC(C(=O)O)CC3)CC3CCCCC32)ccc1NC(=O)Nc1ccccc1Cl. The van der Waals surface area contributed by atoms with E-state index in [1.807, 2.05) is 6.07 Å². The molecule has 3 N–H and O–H groups in total. The van der Waals surface area contributed by atoms with Crippen molar-refractivity contribution in [3.63, 3.8) is 0 Å². The van der Waals surface area contributed by atoms with Crippen LogP contribution < -0.4 is 15.4 Å². The van der Waals surface area contributed by atoms with Gasteiger partial charge in [0.25, 0.3) is 0 Å². The number of carbonyl (C=O) groups excluding carboxylic acids is 2. The third kappa shape index (κ3) is 7.18. The highest BCUT2D eigenvalue weighted by Gasteiger charge is 2.44. The quantitative estimate of drug-likeness (QED) is 0.310. The van der Waals surface area contributed by atoms with Crippen LogP contribution >= 0.6 is 11.6 Å². The molecule has 0 radical (unpaired) electrons. The number of nitrogens with one attached hydrogen (secondary N) is 2. The number of hydrogen-bond donors (Lipinski definition) is 3. The van der Waals surface area contributed by atoms with Gasteiger partial charge < -0.3 is 30.1 Å². The van der Waals surface area contributed by atoms with E-state index >= 15 is 0 Å². The number of amides is 3. The van der Waals surface area contributed by atoms with Crippen LogP contribution in [0.2, 0.25) is 5.02 Å². The summed E-state index contributed by atoms with van der Waals surface area (Å²) in [6.07, 6.45) is 8.51. The highest BCUT2D eigenvalue weighted by Crippen LogP contribution is 2.41. The maximum absolute atomic E-state index is 13.8. The molecule has 226 valence electrons. The minimum Gasteiger partial charge on any atom is -0.495 e. The summed E-state index contributed by atoms with van der Waals surface area (Å²) < 4.78 is 11.9. The summed E-state index contributed by atoms with van der Waals surface area (Å²) in [6, 6.07) is 12.2. The van der Waals surface area contributed by atoms with Crippen LogP contribution in [0.3, 0.4) is 0 Å². The number of hydrogen-bond acceptors (Lipinski definition) is 5. The maximum atomic E-state index is 13.8. The third-order valence-corrected chi connectivity index (χ3v) is 9.35. The zero-order chi connectivity index (χ0) is 29.6. The smallest absolute Gasteiger partial charge is 0.323 e. The Balaban J connectivity index is 1.22. The van der Waals surface area contributed by atoms with E-state index < -0.39 is 12.0 Å². The number of ether oxygens (including phenoxy) is 2. The lowest BCUT2D eigenvalue weighted by molar-refractivity contribution is -0.144. The number of halogens is 1. The van der Waals surface area contributed by atoms with Crippen molar-refractivity contribution >= 4 is 40.9 Å². The van der Waals surface area contributed by atoms with Gasteiger partial charge in [-0.25, -0.2) is 4.79 Å². The van der Waals surface area contributed by atoms with Gasteiger partial charge in [0.1, 0.15) is 5.75 Å². The lowest BCUT2D eigenvalue weighted by Crippen LogP contribution is -2.46. The standard InChI is InChI=1S/C32H40ClN3O6/c1-41-29-16-20(10-15-27(29)35-32(40)34-26-8-4-3-7-25(26)33)17-30(37)36-23(18-22-6-2-5-9-28(22)36)19-42-24-13-11-21(12-14-24)31(38)39/h3-4,7-8,10,15-16,21-24,28H,2,5-6,9,11-14,17-19H2,1H3,(H,38,39)(H2,34,35,40). The molecule has 1 aliphatic heterocycles. The van der Waals surface area contributed by atoms with Crippen LogP contribution in [0.1, 0.15) is 63.4 Å².